The number of hydrogen-bond acceptors (Lipinski definition) is 0. The van der Waals surface area contributed by atoms with Crippen LogP contribution in [0.3, 0.4) is 0 Å². The van der Waals surface area contributed by atoms with Gasteiger partial charge in [-0.15, -0.1) is 0 Å². The van der Waals surface area contributed by atoms with Crippen molar-refractivity contribution in [2.45, 2.75) is 77.7 Å². The van der Waals surface area contributed by atoms with Gasteiger partial charge in [-0.1, -0.05) is 76.5 Å². The quantitative estimate of drug-likeness (QED) is 0.339. The summed E-state index contributed by atoms with van der Waals surface area (Å²) >= 11 is 0. The molecule has 2 heteroatoms. The fourth-order valence-corrected chi connectivity index (χ4v) is 3.43. The molecule has 2 nitrogen and oxygen atoms in total. The molecule has 1 heterocycles. The lowest BCUT2D eigenvalue weighted by molar-refractivity contribution is -0.659. The smallest absolute Gasteiger partial charge is 0.233 e. The predicted octanol–water partition coefficient (Wildman–Crippen LogP) is 5.90. The van der Waals surface area contributed by atoms with E-state index in [0.717, 1.165) is 6.54 Å². The van der Waals surface area contributed by atoms with E-state index in [1.807, 2.05) is 0 Å². The molecule has 0 radical (unpaired) electrons. The molecule has 0 atom stereocenters. The van der Waals surface area contributed by atoms with Crippen LogP contribution in [0, 0.1) is 0 Å². The minimum atomic E-state index is 1.13. The predicted molar refractivity (Wildman–Crippen MR) is 103 cm³/mol. The number of imidazole rings is 1. The first kappa shape index (κ1) is 18.8. The lowest BCUT2D eigenvalue weighted by Crippen LogP contribution is -2.29. The van der Waals surface area contributed by atoms with E-state index in [0.29, 0.717) is 0 Å². The van der Waals surface area contributed by atoms with Crippen LogP contribution in [0.2, 0.25) is 0 Å². The summed E-state index contributed by atoms with van der Waals surface area (Å²) < 4.78 is 4.63. The summed E-state index contributed by atoms with van der Waals surface area (Å²) in [5, 5.41) is 0. The van der Waals surface area contributed by atoms with Gasteiger partial charge in [0.1, 0.15) is 12.4 Å². The second-order valence-electron chi connectivity index (χ2n) is 6.97. The van der Waals surface area contributed by atoms with Gasteiger partial charge in [0.15, 0.2) is 0 Å². The highest BCUT2D eigenvalue weighted by atomic mass is 15.1. The van der Waals surface area contributed by atoms with Gasteiger partial charge in [-0.3, -0.25) is 0 Å². The molecular formula is C22H35N2+. The van der Waals surface area contributed by atoms with Crippen molar-refractivity contribution >= 4 is 0 Å². The molecular weight excluding hydrogens is 292 g/mol. The Morgan fingerprint density at radius 1 is 0.792 bits per heavy atom. The van der Waals surface area contributed by atoms with Crippen molar-refractivity contribution in [2.24, 2.45) is 7.05 Å². The summed E-state index contributed by atoms with van der Waals surface area (Å²) in [6.45, 7) is 3.41. The second kappa shape index (κ2) is 11.1. The van der Waals surface area contributed by atoms with E-state index < -0.39 is 0 Å². The maximum atomic E-state index is 2.40. The van der Waals surface area contributed by atoms with Gasteiger partial charge >= 0.3 is 0 Å². The highest BCUT2D eigenvalue weighted by molar-refractivity contribution is 5.52. The van der Waals surface area contributed by atoms with Crippen LogP contribution >= 0.6 is 0 Å². The van der Waals surface area contributed by atoms with E-state index >= 15 is 0 Å². The van der Waals surface area contributed by atoms with Gasteiger partial charge in [0, 0.05) is 0 Å². The first-order chi connectivity index (χ1) is 11.8. The largest absolute Gasteiger partial charge is 0.288 e. The van der Waals surface area contributed by atoms with Crippen LogP contribution in [0.25, 0.3) is 11.4 Å². The molecule has 2 rings (SSSR count). The van der Waals surface area contributed by atoms with Crippen molar-refractivity contribution in [2.75, 3.05) is 0 Å². The van der Waals surface area contributed by atoms with E-state index in [4.69, 9.17) is 0 Å². The summed E-state index contributed by atoms with van der Waals surface area (Å²) in [6, 6.07) is 10.7. The van der Waals surface area contributed by atoms with Gasteiger partial charge < -0.3 is 0 Å². The molecule has 132 valence electrons. The minimum Gasteiger partial charge on any atom is -0.233 e. The summed E-state index contributed by atoms with van der Waals surface area (Å²) in [5.74, 6) is 1.31. The summed E-state index contributed by atoms with van der Waals surface area (Å²) in [7, 11) is 2.14. The van der Waals surface area contributed by atoms with Crippen LogP contribution in [0.1, 0.15) is 71.1 Å². The van der Waals surface area contributed by atoms with Gasteiger partial charge in [0.2, 0.25) is 0 Å². The van der Waals surface area contributed by atoms with Crippen LogP contribution in [-0.2, 0) is 13.6 Å². The number of nitrogens with zero attached hydrogens (tertiary/aromatic N) is 2. The van der Waals surface area contributed by atoms with Crippen LogP contribution in [-0.4, -0.2) is 4.57 Å². The molecule has 0 spiro atoms. The van der Waals surface area contributed by atoms with Crippen LogP contribution in [0.5, 0.6) is 0 Å². The Bertz CT molecular complexity index is 557. The number of unbranched alkanes of at least 4 members (excludes halogenated alkanes) is 9. The van der Waals surface area contributed by atoms with Crippen LogP contribution in [0.15, 0.2) is 42.7 Å². The minimum absolute atomic E-state index is 1.13. The topological polar surface area (TPSA) is 8.81 Å². The van der Waals surface area contributed by atoms with Gasteiger partial charge in [-0.2, -0.15) is 0 Å². The monoisotopic (exact) mass is 327 g/mol. The third-order valence-electron chi connectivity index (χ3n) is 4.86. The number of aryl methyl sites for hydroxylation is 2. The van der Waals surface area contributed by atoms with Gasteiger partial charge in [-0.05, 0) is 25.0 Å². The van der Waals surface area contributed by atoms with Crippen molar-refractivity contribution in [3.8, 4) is 11.4 Å². The fourth-order valence-electron chi connectivity index (χ4n) is 3.43. The first-order valence-electron chi connectivity index (χ1n) is 9.93. The van der Waals surface area contributed by atoms with Crippen molar-refractivity contribution in [1.82, 2.24) is 4.57 Å². The van der Waals surface area contributed by atoms with Crippen molar-refractivity contribution in [1.29, 1.82) is 0 Å². The zero-order valence-corrected chi connectivity index (χ0v) is 15.7. The second-order valence-corrected chi connectivity index (χ2v) is 6.97. The molecule has 0 aliphatic rings. The lowest BCUT2D eigenvalue weighted by atomic mass is 10.1. The molecule has 0 unspecified atom stereocenters. The third kappa shape index (κ3) is 6.14. The van der Waals surface area contributed by atoms with Gasteiger partial charge in [-0.25, -0.2) is 9.13 Å². The highest BCUT2D eigenvalue weighted by Crippen LogP contribution is 2.16. The molecule has 2 aromatic rings. The Kier molecular flexibility index (Phi) is 8.65. The van der Waals surface area contributed by atoms with Gasteiger partial charge in [0.05, 0.1) is 19.2 Å². The standard InChI is InChI=1S/C22H35N2/c1-3-4-5-6-7-8-9-10-11-15-18-24-20-19-23(2)22(24)21-16-13-12-14-17-21/h12-14,16-17,19-20H,3-11,15,18H2,1-2H3/q+1. The van der Waals surface area contributed by atoms with Crippen LogP contribution < -0.4 is 4.57 Å². The first-order valence-corrected chi connectivity index (χ1v) is 9.93. The van der Waals surface area contributed by atoms with Crippen molar-refractivity contribution < 1.29 is 4.57 Å². The number of benzene rings is 1. The Hall–Kier alpha value is -1.57. The van der Waals surface area contributed by atoms with Crippen molar-refractivity contribution in [3.63, 3.8) is 0 Å². The summed E-state index contributed by atoms with van der Waals surface area (Å²) in [6.07, 6.45) is 18.3. The molecule has 0 aliphatic carbocycles. The summed E-state index contributed by atoms with van der Waals surface area (Å²) in [5.41, 5.74) is 1.30. The Morgan fingerprint density at radius 2 is 1.38 bits per heavy atom. The van der Waals surface area contributed by atoms with Gasteiger partial charge in [0.25, 0.3) is 5.82 Å². The third-order valence-corrected chi connectivity index (χ3v) is 4.86. The Labute approximate surface area is 148 Å². The maximum absolute atomic E-state index is 2.40. The Morgan fingerprint density at radius 3 is 2.00 bits per heavy atom. The lowest BCUT2D eigenvalue weighted by Gasteiger charge is -2.04. The summed E-state index contributed by atoms with van der Waals surface area (Å²) in [4.78, 5) is 0. The molecule has 1 aromatic carbocycles. The van der Waals surface area contributed by atoms with Crippen molar-refractivity contribution in [3.05, 3.63) is 42.7 Å². The molecule has 0 saturated carbocycles. The average molecular weight is 328 g/mol. The molecule has 0 N–H and O–H groups in total. The van der Waals surface area contributed by atoms with Crippen LogP contribution in [0.4, 0.5) is 0 Å². The van der Waals surface area contributed by atoms with E-state index in [-0.39, 0.29) is 0 Å². The molecule has 24 heavy (non-hydrogen) atoms. The average Bonchev–Trinajstić information content (AvgIpc) is 2.98. The van der Waals surface area contributed by atoms with E-state index in [1.54, 1.807) is 0 Å². The number of aromatic nitrogens is 2. The molecule has 0 amide bonds. The highest BCUT2D eigenvalue weighted by Gasteiger charge is 2.15. The zero-order chi connectivity index (χ0) is 17.0. The molecule has 0 saturated heterocycles. The number of rotatable bonds is 12. The Balaban J connectivity index is 1.65. The maximum Gasteiger partial charge on any atom is 0.288 e. The van der Waals surface area contributed by atoms with E-state index in [9.17, 15) is 0 Å². The molecule has 0 fully saturated rings. The zero-order valence-electron chi connectivity index (χ0n) is 15.7. The molecule has 1 aromatic heterocycles. The fraction of sp³-hybridized carbons (Fsp3) is 0.591. The number of hydrogen-bond donors (Lipinski definition) is 0. The molecule has 0 bridgehead atoms. The van der Waals surface area contributed by atoms with E-state index in [1.165, 1.54) is 75.6 Å². The SMILES string of the molecule is CCCCCCCCCCCCn1cc[n+](C)c1-c1ccccc1. The molecule has 0 aliphatic heterocycles. The van der Waals surface area contributed by atoms with E-state index in [2.05, 4.69) is 65.8 Å². The normalized spacial score (nSPS) is 11.1.